The number of hydrogen-bond donors (Lipinski definition) is 2. The van der Waals surface area contributed by atoms with E-state index in [1.807, 2.05) is 12.1 Å². The molecule has 0 spiro atoms. The normalized spacial score (nSPS) is 28.4. The summed E-state index contributed by atoms with van der Waals surface area (Å²) in [7, 11) is 0. The van der Waals surface area contributed by atoms with Gasteiger partial charge in [0.05, 0.1) is 0 Å². The minimum atomic E-state index is -0.564. The molecule has 0 saturated carbocycles. The summed E-state index contributed by atoms with van der Waals surface area (Å²) in [4.78, 5) is 40.3. The van der Waals surface area contributed by atoms with Crippen molar-refractivity contribution < 1.29 is 14.4 Å². The number of likely N-dealkylation sites (tertiary alicyclic amines) is 1. The predicted molar refractivity (Wildman–Crippen MR) is 104 cm³/mol. The molecule has 4 rings (SSSR count). The molecule has 3 aliphatic heterocycles. The van der Waals surface area contributed by atoms with Crippen molar-refractivity contribution in [3.8, 4) is 0 Å². The summed E-state index contributed by atoms with van der Waals surface area (Å²) in [5.41, 5.74) is 9.16. The SMILES string of the molecule is CCC1(N)CCCN(Cc2ccc3c(c2)CN(C2CCC(=O)NC2=O)C3=O)C1. The number of benzene rings is 1. The molecule has 7 heteroatoms. The van der Waals surface area contributed by atoms with Crippen molar-refractivity contribution in [2.75, 3.05) is 13.1 Å². The van der Waals surface area contributed by atoms with E-state index in [0.29, 0.717) is 18.5 Å². The standard InChI is InChI=1S/C21H28N4O3/c1-2-21(22)8-3-9-24(13-21)11-14-4-5-16-15(10-14)12-25(20(16)28)17-6-7-18(26)23-19(17)27/h4-5,10,17H,2-3,6-9,11-13,22H2,1H3,(H,23,26,27). The van der Waals surface area contributed by atoms with Crippen LogP contribution < -0.4 is 11.1 Å². The van der Waals surface area contributed by atoms with Crippen LogP contribution in [0.2, 0.25) is 0 Å². The number of piperidine rings is 2. The molecule has 2 saturated heterocycles. The average Bonchev–Trinajstić information content (AvgIpc) is 2.98. The molecular weight excluding hydrogens is 356 g/mol. The van der Waals surface area contributed by atoms with Gasteiger partial charge >= 0.3 is 0 Å². The molecular formula is C21H28N4O3. The van der Waals surface area contributed by atoms with Gasteiger partial charge in [0.2, 0.25) is 11.8 Å². The van der Waals surface area contributed by atoms with Crippen LogP contribution in [0.5, 0.6) is 0 Å². The van der Waals surface area contributed by atoms with Gasteiger partial charge < -0.3 is 10.6 Å². The summed E-state index contributed by atoms with van der Waals surface area (Å²) in [6, 6.07) is 5.39. The Hall–Kier alpha value is -2.25. The quantitative estimate of drug-likeness (QED) is 0.760. The van der Waals surface area contributed by atoms with Crippen LogP contribution in [0.25, 0.3) is 0 Å². The number of carbonyl (C=O) groups excluding carboxylic acids is 3. The molecule has 2 fully saturated rings. The highest BCUT2D eigenvalue weighted by atomic mass is 16.2. The fraction of sp³-hybridized carbons (Fsp3) is 0.571. The predicted octanol–water partition coefficient (Wildman–Crippen LogP) is 1.15. The van der Waals surface area contributed by atoms with Crippen LogP contribution in [0, 0.1) is 0 Å². The lowest BCUT2D eigenvalue weighted by Gasteiger charge is -2.39. The summed E-state index contributed by atoms with van der Waals surface area (Å²) in [5, 5.41) is 2.34. The Morgan fingerprint density at radius 3 is 2.86 bits per heavy atom. The summed E-state index contributed by atoms with van der Waals surface area (Å²) in [6.07, 6.45) is 3.81. The molecule has 3 amide bonds. The number of rotatable bonds is 4. The largest absolute Gasteiger partial charge is 0.324 e. The fourth-order valence-electron chi connectivity index (χ4n) is 4.67. The topological polar surface area (TPSA) is 95.7 Å². The molecule has 0 radical (unpaired) electrons. The van der Waals surface area contributed by atoms with E-state index < -0.39 is 6.04 Å². The second kappa shape index (κ2) is 7.29. The molecule has 150 valence electrons. The zero-order chi connectivity index (χ0) is 19.9. The van der Waals surface area contributed by atoms with Crippen LogP contribution in [0.4, 0.5) is 0 Å². The van der Waals surface area contributed by atoms with Crippen molar-refractivity contribution >= 4 is 17.7 Å². The number of nitrogens with two attached hydrogens (primary N) is 1. The van der Waals surface area contributed by atoms with Crippen LogP contribution in [0.3, 0.4) is 0 Å². The summed E-state index contributed by atoms with van der Waals surface area (Å²) in [6.45, 7) is 5.32. The van der Waals surface area contributed by atoms with Crippen LogP contribution in [0.1, 0.15) is 60.5 Å². The Morgan fingerprint density at radius 1 is 1.29 bits per heavy atom. The maximum atomic E-state index is 12.8. The highest BCUT2D eigenvalue weighted by Gasteiger charge is 2.39. The maximum absolute atomic E-state index is 12.8. The number of fused-ring (bicyclic) bond motifs is 1. The smallest absolute Gasteiger partial charge is 0.255 e. The van der Waals surface area contributed by atoms with Crippen molar-refractivity contribution in [1.29, 1.82) is 0 Å². The Bertz CT molecular complexity index is 824. The van der Waals surface area contributed by atoms with E-state index in [9.17, 15) is 14.4 Å². The van der Waals surface area contributed by atoms with Gasteiger partial charge in [0.15, 0.2) is 0 Å². The van der Waals surface area contributed by atoms with Crippen LogP contribution in [-0.2, 0) is 22.7 Å². The second-order valence-corrected chi connectivity index (χ2v) is 8.42. The Balaban J connectivity index is 1.47. The average molecular weight is 384 g/mol. The molecule has 3 N–H and O–H groups in total. The van der Waals surface area contributed by atoms with Gasteiger partial charge in [0.25, 0.3) is 5.91 Å². The summed E-state index contributed by atoms with van der Waals surface area (Å²) < 4.78 is 0. The highest BCUT2D eigenvalue weighted by Crippen LogP contribution is 2.29. The van der Waals surface area contributed by atoms with Crippen molar-refractivity contribution in [3.63, 3.8) is 0 Å². The van der Waals surface area contributed by atoms with Gasteiger partial charge in [-0.2, -0.15) is 0 Å². The van der Waals surface area contributed by atoms with E-state index in [2.05, 4.69) is 23.2 Å². The zero-order valence-electron chi connectivity index (χ0n) is 16.4. The fourth-order valence-corrected chi connectivity index (χ4v) is 4.67. The van der Waals surface area contributed by atoms with E-state index in [0.717, 1.165) is 50.0 Å². The van der Waals surface area contributed by atoms with Gasteiger partial charge in [-0.1, -0.05) is 19.1 Å². The molecule has 0 aromatic heterocycles. The van der Waals surface area contributed by atoms with E-state index >= 15 is 0 Å². The Kier molecular flexibility index (Phi) is 4.97. The maximum Gasteiger partial charge on any atom is 0.255 e. The van der Waals surface area contributed by atoms with Gasteiger partial charge in [-0.25, -0.2) is 0 Å². The van der Waals surface area contributed by atoms with Gasteiger partial charge in [-0.15, -0.1) is 0 Å². The number of imide groups is 1. The van der Waals surface area contributed by atoms with Crippen molar-refractivity contribution in [3.05, 3.63) is 34.9 Å². The zero-order valence-corrected chi connectivity index (χ0v) is 16.4. The van der Waals surface area contributed by atoms with E-state index in [1.54, 1.807) is 4.90 Å². The Labute approximate surface area is 165 Å². The molecule has 1 aromatic carbocycles. The van der Waals surface area contributed by atoms with Crippen LogP contribution in [0.15, 0.2) is 18.2 Å². The summed E-state index contributed by atoms with van der Waals surface area (Å²) in [5.74, 6) is -0.761. The molecule has 3 aliphatic rings. The van der Waals surface area contributed by atoms with Gasteiger partial charge in [-0.3, -0.25) is 24.6 Å². The Morgan fingerprint density at radius 2 is 2.11 bits per heavy atom. The van der Waals surface area contributed by atoms with Crippen molar-refractivity contribution in [2.45, 2.75) is 63.7 Å². The third-order valence-corrected chi connectivity index (χ3v) is 6.39. The van der Waals surface area contributed by atoms with Gasteiger partial charge in [0, 0.05) is 37.2 Å². The molecule has 2 unspecified atom stereocenters. The third kappa shape index (κ3) is 3.56. The molecule has 3 heterocycles. The lowest BCUT2D eigenvalue weighted by atomic mass is 9.87. The van der Waals surface area contributed by atoms with E-state index in [1.165, 1.54) is 0 Å². The first-order valence-electron chi connectivity index (χ1n) is 10.2. The first kappa shape index (κ1) is 19.1. The first-order chi connectivity index (χ1) is 13.4. The highest BCUT2D eigenvalue weighted by molar-refractivity contribution is 6.05. The molecule has 1 aromatic rings. The number of nitrogens with one attached hydrogen (secondary N) is 1. The third-order valence-electron chi connectivity index (χ3n) is 6.39. The molecule has 0 aliphatic carbocycles. The number of nitrogens with zero attached hydrogens (tertiary/aromatic N) is 2. The van der Waals surface area contributed by atoms with Crippen molar-refractivity contribution in [2.24, 2.45) is 5.73 Å². The monoisotopic (exact) mass is 384 g/mol. The number of carbonyl (C=O) groups is 3. The van der Waals surface area contributed by atoms with Gasteiger partial charge in [-0.05, 0) is 49.4 Å². The lowest BCUT2D eigenvalue weighted by Crippen LogP contribution is -2.53. The van der Waals surface area contributed by atoms with E-state index in [-0.39, 0.29) is 29.7 Å². The number of amides is 3. The minimum absolute atomic E-state index is 0.104. The van der Waals surface area contributed by atoms with E-state index in [4.69, 9.17) is 5.73 Å². The van der Waals surface area contributed by atoms with Crippen LogP contribution >= 0.6 is 0 Å². The van der Waals surface area contributed by atoms with Crippen LogP contribution in [-0.4, -0.2) is 52.2 Å². The summed E-state index contributed by atoms with van der Waals surface area (Å²) >= 11 is 0. The molecule has 0 bridgehead atoms. The molecule has 28 heavy (non-hydrogen) atoms. The lowest BCUT2D eigenvalue weighted by molar-refractivity contribution is -0.136. The number of hydrogen-bond acceptors (Lipinski definition) is 5. The molecule has 7 nitrogen and oxygen atoms in total. The van der Waals surface area contributed by atoms with Crippen molar-refractivity contribution in [1.82, 2.24) is 15.1 Å². The van der Waals surface area contributed by atoms with Gasteiger partial charge in [0.1, 0.15) is 6.04 Å². The first-order valence-corrected chi connectivity index (χ1v) is 10.2. The second-order valence-electron chi connectivity index (χ2n) is 8.42. The minimum Gasteiger partial charge on any atom is -0.324 e. The molecule has 2 atom stereocenters.